The van der Waals surface area contributed by atoms with Gasteiger partial charge in [-0.3, -0.25) is 9.59 Å². The molecule has 7 heteroatoms. The van der Waals surface area contributed by atoms with E-state index in [1.807, 2.05) is 0 Å². The second kappa shape index (κ2) is 28.3. The average Bonchev–Trinajstić information content (AvgIpc) is 3.01. The van der Waals surface area contributed by atoms with Gasteiger partial charge in [0.1, 0.15) is 13.2 Å². The first-order valence-corrected chi connectivity index (χ1v) is 17.0. The van der Waals surface area contributed by atoms with E-state index >= 15 is 0 Å². The summed E-state index contributed by atoms with van der Waals surface area (Å²) in [6.45, 7) is 3.92. The lowest BCUT2D eigenvalue weighted by atomic mass is 10.1. The maximum atomic E-state index is 12.0. The Hall–Kier alpha value is -2.50. The fourth-order valence-electron chi connectivity index (χ4n) is 4.26. The number of alkyl halides is 2. The van der Waals surface area contributed by atoms with Crippen molar-refractivity contribution >= 4 is 40.8 Å². The van der Waals surface area contributed by atoms with Crippen molar-refractivity contribution in [3.8, 4) is 0 Å². The summed E-state index contributed by atoms with van der Waals surface area (Å²) in [6.07, 6.45) is 29.2. The molecular weight excluding hydrogens is 581 g/mol. The van der Waals surface area contributed by atoms with Gasteiger partial charge in [-0.15, -0.1) is 23.2 Å². The zero-order chi connectivity index (χ0) is 31.2. The Morgan fingerprint density at radius 3 is 1.67 bits per heavy atom. The number of rotatable bonds is 26. The number of carbonyl (C=O) groups is 2. The molecule has 0 amide bonds. The van der Waals surface area contributed by atoms with Gasteiger partial charge in [0.05, 0.1) is 0 Å². The van der Waals surface area contributed by atoms with Crippen molar-refractivity contribution in [2.24, 2.45) is 0 Å². The highest BCUT2D eigenvalue weighted by Crippen LogP contribution is 2.17. The lowest BCUT2D eigenvalue weighted by Gasteiger charge is -2.23. The number of unbranched alkanes of at least 4 members (excludes halogenated alkanes) is 4. The van der Waals surface area contributed by atoms with Gasteiger partial charge in [-0.2, -0.15) is 0 Å². The van der Waals surface area contributed by atoms with Crippen molar-refractivity contribution in [1.82, 2.24) is 0 Å². The van der Waals surface area contributed by atoms with E-state index in [4.69, 9.17) is 32.7 Å². The van der Waals surface area contributed by atoms with Crippen LogP contribution in [0.15, 0.2) is 72.9 Å². The number of anilines is 1. The summed E-state index contributed by atoms with van der Waals surface area (Å²) in [5.74, 6) is 0.564. The van der Waals surface area contributed by atoms with Crippen molar-refractivity contribution in [3.05, 3.63) is 78.4 Å². The number of nitrogens with zero attached hydrogens (tertiary/aromatic N) is 1. The highest BCUT2D eigenvalue weighted by molar-refractivity contribution is 6.18. The molecular formula is C36H53Cl2NO4. The number of carbonyl (C=O) groups excluding carboxylic acids is 2. The van der Waals surface area contributed by atoms with Crippen molar-refractivity contribution in [2.45, 2.75) is 90.4 Å². The molecule has 0 radical (unpaired) electrons. The van der Waals surface area contributed by atoms with Gasteiger partial charge in [-0.25, -0.2) is 0 Å². The molecule has 0 atom stereocenters. The van der Waals surface area contributed by atoms with E-state index < -0.39 is 0 Å². The number of halogens is 2. The Bertz CT molecular complexity index is 951. The number of hydrogen-bond donors (Lipinski definition) is 0. The zero-order valence-corrected chi connectivity index (χ0v) is 27.7. The summed E-state index contributed by atoms with van der Waals surface area (Å²) < 4.78 is 10.4. The lowest BCUT2D eigenvalue weighted by Crippen LogP contribution is -2.27. The first-order valence-electron chi connectivity index (χ1n) is 16.0. The third-order valence-electron chi connectivity index (χ3n) is 6.68. The molecule has 43 heavy (non-hydrogen) atoms. The van der Waals surface area contributed by atoms with Crippen LogP contribution in [-0.2, 0) is 25.5 Å². The predicted octanol–water partition coefficient (Wildman–Crippen LogP) is 9.53. The smallest absolute Gasteiger partial charge is 0.305 e. The zero-order valence-electron chi connectivity index (χ0n) is 26.2. The molecule has 0 saturated carbocycles. The van der Waals surface area contributed by atoms with Crippen LogP contribution in [-0.4, -0.2) is 50.0 Å². The van der Waals surface area contributed by atoms with E-state index in [0.29, 0.717) is 31.0 Å². The third-order valence-corrected chi connectivity index (χ3v) is 7.01. The molecule has 0 aliphatic rings. The topological polar surface area (TPSA) is 55.8 Å². The van der Waals surface area contributed by atoms with E-state index in [1.54, 1.807) is 0 Å². The number of aryl methyl sites for hydroxylation is 1. The summed E-state index contributed by atoms with van der Waals surface area (Å²) in [5, 5.41) is 0. The van der Waals surface area contributed by atoms with Gasteiger partial charge >= 0.3 is 11.9 Å². The Labute approximate surface area is 271 Å². The Morgan fingerprint density at radius 1 is 0.674 bits per heavy atom. The minimum atomic E-state index is -0.274. The average molecular weight is 635 g/mol. The molecule has 0 aromatic heterocycles. The maximum absolute atomic E-state index is 12.0. The van der Waals surface area contributed by atoms with Gasteiger partial charge < -0.3 is 14.4 Å². The molecule has 0 spiro atoms. The number of allylic oxidation sites excluding steroid dienone is 8. The summed E-state index contributed by atoms with van der Waals surface area (Å²) >= 11 is 11.8. The van der Waals surface area contributed by atoms with Crippen LogP contribution < -0.4 is 4.90 Å². The SMILES string of the molecule is CCCCC/C=C\C/C=C\C/C=C\C/C=C\CCCC(=O)OCCOC(=O)CCCc1ccc(N(CCCl)CCCl)cc1. The number of hydrogen-bond acceptors (Lipinski definition) is 5. The molecule has 5 nitrogen and oxygen atoms in total. The normalized spacial score (nSPS) is 11.8. The number of ether oxygens (including phenoxy) is 2. The number of esters is 2. The fraction of sp³-hybridized carbons (Fsp3) is 0.556. The molecule has 1 aromatic rings. The monoisotopic (exact) mass is 633 g/mol. The quantitative estimate of drug-likeness (QED) is 0.0440. The highest BCUT2D eigenvalue weighted by Gasteiger charge is 2.07. The fourth-order valence-corrected chi connectivity index (χ4v) is 4.67. The molecule has 0 aliphatic carbocycles. The van der Waals surface area contributed by atoms with Crippen LogP contribution in [0.3, 0.4) is 0 Å². The first-order chi connectivity index (χ1) is 21.1. The van der Waals surface area contributed by atoms with Gasteiger partial charge in [0.25, 0.3) is 0 Å². The predicted molar refractivity (Wildman–Crippen MR) is 183 cm³/mol. The van der Waals surface area contributed by atoms with Crippen LogP contribution in [0, 0.1) is 0 Å². The van der Waals surface area contributed by atoms with Crippen molar-refractivity contribution < 1.29 is 19.1 Å². The van der Waals surface area contributed by atoms with Crippen molar-refractivity contribution in [2.75, 3.05) is 43.0 Å². The van der Waals surface area contributed by atoms with Crippen LogP contribution >= 0.6 is 23.2 Å². The summed E-state index contributed by atoms with van der Waals surface area (Å²) in [5.41, 5.74) is 2.25. The number of benzene rings is 1. The second-order valence-electron chi connectivity index (χ2n) is 10.3. The van der Waals surface area contributed by atoms with Crippen molar-refractivity contribution in [1.29, 1.82) is 0 Å². The summed E-state index contributed by atoms with van der Waals surface area (Å²) in [7, 11) is 0. The van der Waals surface area contributed by atoms with Crippen LogP contribution in [0.25, 0.3) is 0 Å². The van der Waals surface area contributed by atoms with Crippen LogP contribution in [0.2, 0.25) is 0 Å². The molecule has 0 unspecified atom stereocenters. The Kier molecular flexibility index (Phi) is 25.3. The van der Waals surface area contributed by atoms with E-state index in [2.05, 4.69) is 84.7 Å². The molecule has 0 saturated heterocycles. The molecule has 0 N–H and O–H groups in total. The van der Waals surface area contributed by atoms with E-state index in [0.717, 1.165) is 62.9 Å². The molecule has 0 aliphatic heterocycles. The highest BCUT2D eigenvalue weighted by atomic mass is 35.5. The molecule has 0 heterocycles. The van der Waals surface area contributed by atoms with Crippen LogP contribution in [0.4, 0.5) is 5.69 Å². The van der Waals surface area contributed by atoms with Crippen LogP contribution in [0.1, 0.15) is 89.5 Å². The lowest BCUT2D eigenvalue weighted by molar-refractivity contribution is -0.152. The standard InChI is InChI=1S/C36H53Cl2NO4/c1-2-3-4-5-6-7-8-9-10-11-12-13-14-15-16-17-18-21-35(40)42-31-32-43-36(41)22-19-20-33-23-25-34(26-24-33)39(29-27-37)30-28-38/h6-7,9-10,12-13,15-16,23-26H,2-5,8,11,14,17-22,27-32H2,1H3/b7-6-,10-9-,13-12-,16-15-. The van der Waals surface area contributed by atoms with Gasteiger partial charge in [0, 0.05) is 43.4 Å². The Balaban J connectivity index is 2.01. The van der Waals surface area contributed by atoms with Gasteiger partial charge in [-0.05, 0) is 75.5 Å². The third kappa shape index (κ3) is 22.7. The van der Waals surface area contributed by atoms with Gasteiger partial charge in [0.2, 0.25) is 0 Å². The summed E-state index contributed by atoms with van der Waals surface area (Å²) in [6, 6.07) is 8.26. The molecule has 1 aromatic carbocycles. The van der Waals surface area contributed by atoms with Crippen LogP contribution in [0.5, 0.6) is 0 Å². The van der Waals surface area contributed by atoms with E-state index in [1.165, 1.54) is 25.7 Å². The largest absolute Gasteiger partial charge is 0.462 e. The maximum Gasteiger partial charge on any atom is 0.305 e. The minimum absolute atomic E-state index is 0.0907. The molecule has 1 rings (SSSR count). The molecule has 0 bridgehead atoms. The second-order valence-corrected chi connectivity index (χ2v) is 11.1. The Morgan fingerprint density at radius 2 is 1.16 bits per heavy atom. The van der Waals surface area contributed by atoms with Gasteiger partial charge in [0.15, 0.2) is 0 Å². The molecule has 0 fully saturated rings. The first kappa shape index (κ1) is 38.5. The van der Waals surface area contributed by atoms with E-state index in [9.17, 15) is 9.59 Å². The molecule has 240 valence electrons. The summed E-state index contributed by atoms with van der Waals surface area (Å²) in [4.78, 5) is 26.0. The van der Waals surface area contributed by atoms with Gasteiger partial charge in [-0.1, -0.05) is 80.5 Å². The van der Waals surface area contributed by atoms with Crippen molar-refractivity contribution in [3.63, 3.8) is 0 Å². The van der Waals surface area contributed by atoms with E-state index in [-0.39, 0.29) is 25.2 Å². The minimum Gasteiger partial charge on any atom is -0.462 e.